The highest BCUT2D eigenvalue weighted by Crippen LogP contribution is 2.35. The molecule has 154 valence electrons. The maximum Gasteiger partial charge on any atom is 0.264 e. The number of hydrogen-bond donors (Lipinski definition) is 1. The van der Waals surface area contributed by atoms with E-state index in [1.165, 1.54) is 49.0 Å². The third-order valence-corrected chi connectivity index (χ3v) is 7.46. The van der Waals surface area contributed by atoms with Crippen molar-refractivity contribution < 1.29 is 0 Å². The van der Waals surface area contributed by atoms with Gasteiger partial charge in [-0.25, -0.2) is 4.98 Å². The van der Waals surface area contributed by atoms with E-state index in [1.807, 2.05) is 4.57 Å². The first-order valence-corrected chi connectivity index (χ1v) is 11.9. The van der Waals surface area contributed by atoms with Crippen LogP contribution in [0.4, 0.5) is 5.95 Å². The van der Waals surface area contributed by atoms with Crippen molar-refractivity contribution in [3.05, 3.63) is 20.8 Å². The molecule has 0 aromatic carbocycles. The first-order valence-electron chi connectivity index (χ1n) is 11.1. The number of anilines is 1. The van der Waals surface area contributed by atoms with Crippen LogP contribution in [0, 0.1) is 0 Å². The van der Waals surface area contributed by atoms with Crippen molar-refractivity contribution >= 4 is 27.5 Å². The molecule has 0 spiro atoms. The second kappa shape index (κ2) is 8.95. The van der Waals surface area contributed by atoms with Gasteiger partial charge in [0.1, 0.15) is 4.83 Å². The number of aromatic nitrogens is 2. The zero-order valence-corrected chi connectivity index (χ0v) is 18.2. The average Bonchev–Trinajstić information content (AvgIpc) is 2.87. The molecule has 2 aromatic heterocycles. The lowest BCUT2D eigenvalue weighted by Gasteiger charge is -2.26. The Bertz CT molecular complexity index is 864. The molecule has 0 saturated heterocycles. The molecule has 2 aliphatic carbocycles. The van der Waals surface area contributed by atoms with Gasteiger partial charge in [-0.1, -0.05) is 25.7 Å². The van der Waals surface area contributed by atoms with Crippen LogP contribution in [0.1, 0.15) is 74.3 Å². The van der Waals surface area contributed by atoms with E-state index in [2.05, 4.69) is 24.3 Å². The number of aryl methyl sites for hydroxylation is 2. The van der Waals surface area contributed by atoms with E-state index < -0.39 is 0 Å². The summed E-state index contributed by atoms with van der Waals surface area (Å²) in [6, 6.07) is 0.302. The molecule has 4 rings (SSSR count). The summed E-state index contributed by atoms with van der Waals surface area (Å²) in [6.07, 6.45) is 12.9. The van der Waals surface area contributed by atoms with Crippen molar-refractivity contribution in [3.63, 3.8) is 0 Å². The van der Waals surface area contributed by atoms with Crippen LogP contribution in [0.15, 0.2) is 4.79 Å². The normalized spacial score (nSPS) is 18.4. The average molecular weight is 403 g/mol. The number of nitrogens with one attached hydrogen (secondary N) is 1. The first-order chi connectivity index (χ1) is 13.6. The number of fused-ring (bicyclic) bond motifs is 3. The second-order valence-corrected chi connectivity index (χ2v) is 9.81. The first kappa shape index (κ1) is 19.9. The Morgan fingerprint density at radius 2 is 1.86 bits per heavy atom. The van der Waals surface area contributed by atoms with Crippen LogP contribution in [0.25, 0.3) is 10.2 Å². The molecule has 6 heteroatoms. The van der Waals surface area contributed by atoms with Gasteiger partial charge in [-0.05, 0) is 71.1 Å². The number of nitrogens with zero attached hydrogens (tertiary/aromatic N) is 3. The summed E-state index contributed by atoms with van der Waals surface area (Å²) in [5, 5.41) is 4.46. The molecule has 0 atom stereocenters. The molecule has 5 nitrogen and oxygen atoms in total. The van der Waals surface area contributed by atoms with Gasteiger partial charge < -0.3 is 10.2 Å². The zero-order chi connectivity index (χ0) is 19.5. The highest BCUT2D eigenvalue weighted by Gasteiger charge is 2.25. The van der Waals surface area contributed by atoms with Crippen LogP contribution >= 0.6 is 11.3 Å². The predicted octanol–water partition coefficient (Wildman–Crippen LogP) is 4.60. The van der Waals surface area contributed by atoms with Crippen molar-refractivity contribution in [3.8, 4) is 0 Å². The Hall–Kier alpha value is -1.40. The Balaban J connectivity index is 1.74. The SMILES string of the molecule is CN(C)CCCNc1nc2sc3c(c2c(=O)n1C1CCCCC1)CCCCC3. The molecule has 1 fully saturated rings. The standard InChI is InChI=1S/C22H34N4OS/c1-25(2)15-9-14-23-22-24-20-19(17-12-7-4-8-13-18(17)28-20)21(27)26(22)16-10-5-3-6-11-16/h16H,3-15H2,1-2H3,(H,23,24). The van der Waals surface area contributed by atoms with Crippen molar-refractivity contribution in [2.24, 2.45) is 0 Å². The Labute approximate surface area is 172 Å². The van der Waals surface area contributed by atoms with E-state index in [0.29, 0.717) is 6.04 Å². The van der Waals surface area contributed by atoms with Gasteiger partial charge in [-0.15, -0.1) is 11.3 Å². The van der Waals surface area contributed by atoms with E-state index in [-0.39, 0.29) is 5.56 Å². The monoisotopic (exact) mass is 402 g/mol. The van der Waals surface area contributed by atoms with E-state index in [9.17, 15) is 4.79 Å². The van der Waals surface area contributed by atoms with Gasteiger partial charge in [0.2, 0.25) is 5.95 Å². The zero-order valence-electron chi connectivity index (χ0n) is 17.4. The lowest BCUT2D eigenvalue weighted by atomic mass is 9.95. The van der Waals surface area contributed by atoms with E-state index in [4.69, 9.17) is 4.98 Å². The fraction of sp³-hybridized carbons (Fsp3) is 0.727. The molecular formula is C22H34N4OS. The topological polar surface area (TPSA) is 50.2 Å². The highest BCUT2D eigenvalue weighted by atomic mass is 32.1. The maximum atomic E-state index is 13.7. The molecule has 0 unspecified atom stereocenters. The molecule has 2 heterocycles. The maximum absolute atomic E-state index is 13.7. The summed E-state index contributed by atoms with van der Waals surface area (Å²) in [4.78, 5) is 23.3. The van der Waals surface area contributed by atoms with E-state index >= 15 is 0 Å². The third kappa shape index (κ3) is 4.13. The van der Waals surface area contributed by atoms with E-state index in [0.717, 1.165) is 61.4 Å². The Kier molecular flexibility index (Phi) is 6.36. The third-order valence-electron chi connectivity index (χ3n) is 6.28. The van der Waals surface area contributed by atoms with Crippen LogP contribution in [-0.2, 0) is 12.8 Å². The molecule has 2 aromatic rings. The molecule has 28 heavy (non-hydrogen) atoms. The molecule has 2 aliphatic rings. The van der Waals surface area contributed by atoms with Crippen LogP contribution in [-0.4, -0.2) is 41.6 Å². The van der Waals surface area contributed by atoms with Gasteiger partial charge in [0, 0.05) is 17.5 Å². The minimum atomic E-state index is 0.214. The van der Waals surface area contributed by atoms with Gasteiger partial charge in [0.25, 0.3) is 5.56 Å². The van der Waals surface area contributed by atoms with Gasteiger partial charge in [0.05, 0.1) is 5.39 Å². The van der Waals surface area contributed by atoms with Crippen molar-refractivity contribution in [1.82, 2.24) is 14.5 Å². The van der Waals surface area contributed by atoms with Gasteiger partial charge in [0.15, 0.2) is 0 Å². The smallest absolute Gasteiger partial charge is 0.264 e. The molecule has 1 N–H and O–H groups in total. The number of rotatable bonds is 6. The minimum absolute atomic E-state index is 0.214. The molecule has 0 radical (unpaired) electrons. The predicted molar refractivity (Wildman–Crippen MR) is 119 cm³/mol. The lowest BCUT2D eigenvalue weighted by molar-refractivity contribution is 0.348. The summed E-state index contributed by atoms with van der Waals surface area (Å²) in [6.45, 7) is 1.89. The summed E-state index contributed by atoms with van der Waals surface area (Å²) in [7, 11) is 4.20. The van der Waals surface area contributed by atoms with Gasteiger partial charge >= 0.3 is 0 Å². The second-order valence-electron chi connectivity index (χ2n) is 8.73. The Morgan fingerprint density at radius 3 is 2.64 bits per heavy atom. The summed E-state index contributed by atoms with van der Waals surface area (Å²) in [5.41, 5.74) is 1.53. The van der Waals surface area contributed by atoms with Crippen molar-refractivity contribution in [2.75, 3.05) is 32.5 Å². The molecule has 0 amide bonds. The molecule has 0 bridgehead atoms. The lowest BCUT2D eigenvalue weighted by Crippen LogP contribution is -2.30. The van der Waals surface area contributed by atoms with Crippen molar-refractivity contribution in [2.45, 2.75) is 76.7 Å². The highest BCUT2D eigenvalue weighted by molar-refractivity contribution is 7.18. The van der Waals surface area contributed by atoms with Gasteiger partial charge in [-0.2, -0.15) is 0 Å². The molecular weight excluding hydrogens is 368 g/mol. The van der Waals surface area contributed by atoms with E-state index in [1.54, 1.807) is 11.3 Å². The summed E-state index contributed by atoms with van der Waals surface area (Å²) >= 11 is 1.77. The minimum Gasteiger partial charge on any atom is -0.355 e. The van der Waals surface area contributed by atoms with Crippen LogP contribution in [0.5, 0.6) is 0 Å². The van der Waals surface area contributed by atoms with Crippen molar-refractivity contribution in [1.29, 1.82) is 0 Å². The quantitative estimate of drug-likeness (QED) is 0.567. The number of hydrogen-bond acceptors (Lipinski definition) is 5. The summed E-state index contributed by atoms with van der Waals surface area (Å²) < 4.78 is 2.04. The largest absolute Gasteiger partial charge is 0.355 e. The molecule has 1 saturated carbocycles. The van der Waals surface area contributed by atoms with Crippen LogP contribution < -0.4 is 10.9 Å². The number of thiophene rings is 1. The fourth-order valence-electron chi connectivity index (χ4n) is 4.79. The Morgan fingerprint density at radius 1 is 1.11 bits per heavy atom. The summed E-state index contributed by atoms with van der Waals surface area (Å²) in [5.74, 6) is 0.805. The molecule has 0 aliphatic heterocycles. The van der Waals surface area contributed by atoms with Gasteiger partial charge in [-0.3, -0.25) is 9.36 Å². The fourth-order valence-corrected chi connectivity index (χ4v) is 6.04. The van der Waals surface area contributed by atoms with Crippen LogP contribution in [0.2, 0.25) is 0 Å². The van der Waals surface area contributed by atoms with Crippen LogP contribution in [0.3, 0.4) is 0 Å².